The fraction of sp³-hybridized carbons (Fsp3) is 0.344. The van der Waals surface area contributed by atoms with Gasteiger partial charge in [0.25, 0.3) is 0 Å². The Balaban J connectivity index is 1.20. The van der Waals surface area contributed by atoms with Gasteiger partial charge in [0.2, 0.25) is 0 Å². The number of para-hydroxylation sites is 1. The van der Waals surface area contributed by atoms with Crippen molar-refractivity contribution in [1.82, 2.24) is 9.55 Å². The van der Waals surface area contributed by atoms with Crippen LogP contribution in [0.25, 0.3) is 27.6 Å². The van der Waals surface area contributed by atoms with Gasteiger partial charge in [0.1, 0.15) is 11.7 Å². The van der Waals surface area contributed by atoms with E-state index in [1.54, 1.807) is 0 Å². The Labute approximate surface area is 411 Å². The van der Waals surface area contributed by atoms with E-state index in [0.29, 0.717) is 0 Å². The van der Waals surface area contributed by atoms with Gasteiger partial charge in [-0.05, 0) is 201 Å². The number of pyridine rings is 1. The third-order valence-corrected chi connectivity index (χ3v) is 17.3. The van der Waals surface area contributed by atoms with E-state index < -0.39 is 11.1 Å². The monoisotopic (exact) mass is 908 g/mol. The van der Waals surface area contributed by atoms with Crippen LogP contribution >= 0.6 is 0 Å². The molecule has 1 aliphatic carbocycles. The van der Waals surface area contributed by atoms with Crippen molar-refractivity contribution in [3.05, 3.63) is 187 Å². The molecule has 2 aliphatic heterocycles. The molecule has 0 N–H and O–H groups in total. The van der Waals surface area contributed by atoms with Crippen molar-refractivity contribution in [2.24, 2.45) is 4.99 Å². The highest BCUT2D eigenvalue weighted by atomic mass is 15.4. The van der Waals surface area contributed by atoms with Crippen LogP contribution in [-0.2, 0) is 22.8 Å². The summed E-state index contributed by atoms with van der Waals surface area (Å²) < 4.78 is 2.40. The maximum Gasteiger partial charge on any atom is 0.137 e. The van der Waals surface area contributed by atoms with Gasteiger partial charge in [-0.15, -0.1) is 0 Å². The lowest BCUT2D eigenvalue weighted by Gasteiger charge is -2.44. The van der Waals surface area contributed by atoms with Gasteiger partial charge in [-0.25, -0.2) is 4.98 Å². The number of aromatic nitrogens is 2. The minimum Gasteiger partial charge on any atom is -0.313 e. The number of fused-ring (bicyclic) bond motifs is 8. The zero-order valence-electron chi connectivity index (χ0n) is 43.9. The summed E-state index contributed by atoms with van der Waals surface area (Å²) in [5.41, 5.74) is 24.4. The molecule has 0 spiro atoms. The molecule has 6 aromatic carbocycles. The SMILES string of the molecule is Cc1ccc2c(c1)c1cc3c(cc1n2-c1cc(C(C)(C)C)ccn1)N(c1cc(C2=N[C@]4(C)Cc5c(ccc(C)c5C)[C@]4(C)N2c2c(C)c(C)cc(C)c2C)cc(C(C)C)c1)c1ccccc1C3(C)C. The van der Waals surface area contributed by atoms with E-state index in [4.69, 9.17) is 9.98 Å². The second kappa shape index (κ2) is 15.0. The summed E-state index contributed by atoms with van der Waals surface area (Å²) in [5.74, 6) is 2.25. The van der Waals surface area contributed by atoms with Gasteiger partial charge in [-0.2, -0.15) is 0 Å². The van der Waals surface area contributed by atoms with E-state index >= 15 is 0 Å². The van der Waals surface area contributed by atoms with Gasteiger partial charge in [0, 0.05) is 45.7 Å². The molecule has 350 valence electrons. The Hall–Kier alpha value is -6.46. The van der Waals surface area contributed by atoms with Crippen LogP contribution in [0.5, 0.6) is 0 Å². The number of anilines is 4. The van der Waals surface area contributed by atoms with Gasteiger partial charge in [0.15, 0.2) is 0 Å². The fourth-order valence-electron chi connectivity index (χ4n) is 12.5. The average molecular weight is 908 g/mol. The van der Waals surface area contributed by atoms with E-state index in [1.165, 1.54) is 106 Å². The number of aliphatic imine (C=N–C) groups is 1. The average Bonchev–Trinajstić information content (AvgIpc) is 3.83. The maximum atomic E-state index is 6.06. The van der Waals surface area contributed by atoms with Gasteiger partial charge >= 0.3 is 0 Å². The summed E-state index contributed by atoms with van der Waals surface area (Å²) >= 11 is 0. The molecule has 0 unspecified atom stereocenters. The molecule has 4 heterocycles. The van der Waals surface area contributed by atoms with Gasteiger partial charge in [0.05, 0.1) is 33.5 Å². The maximum absolute atomic E-state index is 6.06. The molecule has 0 amide bonds. The molecule has 2 atom stereocenters. The van der Waals surface area contributed by atoms with Crippen molar-refractivity contribution in [2.45, 2.75) is 145 Å². The first kappa shape index (κ1) is 45.0. The first-order valence-electron chi connectivity index (χ1n) is 25.2. The van der Waals surface area contributed by atoms with Crippen LogP contribution in [0.15, 0.2) is 114 Å². The molecule has 5 heteroatoms. The molecule has 3 aliphatic rings. The minimum absolute atomic E-state index is 0.0283. The van der Waals surface area contributed by atoms with Gasteiger partial charge in [-0.3, -0.25) is 9.56 Å². The first-order valence-corrected chi connectivity index (χ1v) is 25.2. The number of nitrogens with zero attached hydrogens (tertiary/aromatic N) is 5. The zero-order valence-corrected chi connectivity index (χ0v) is 43.9. The van der Waals surface area contributed by atoms with E-state index in [9.17, 15) is 0 Å². The normalized spacial score (nSPS) is 19.3. The van der Waals surface area contributed by atoms with Crippen LogP contribution < -0.4 is 9.80 Å². The molecule has 0 saturated heterocycles. The highest BCUT2D eigenvalue weighted by molar-refractivity contribution is 6.16. The summed E-state index contributed by atoms with van der Waals surface area (Å²) in [4.78, 5) is 16.4. The van der Waals surface area contributed by atoms with E-state index in [2.05, 4.69) is 228 Å². The van der Waals surface area contributed by atoms with Crippen molar-refractivity contribution in [3.63, 3.8) is 0 Å². The molecule has 0 bridgehead atoms. The van der Waals surface area contributed by atoms with Crippen LogP contribution in [-0.4, -0.2) is 20.9 Å². The lowest BCUT2D eigenvalue weighted by atomic mass is 9.73. The lowest BCUT2D eigenvalue weighted by molar-refractivity contribution is 0.321. The molecule has 11 rings (SSSR count). The second-order valence-electron chi connectivity index (χ2n) is 23.3. The van der Waals surface area contributed by atoms with Crippen molar-refractivity contribution in [1.29, 1.82) is 0 Å². The van der Waals surface area contributed by atoms with Gasteiger partial charge < -0.3 is 9.80 Å². The van der Waals surface area contributed by atoms with Crippen LogP contribution in [0.1, 0.15) is 146 Å². The predicted octanol–water partition coefficient (Wildman–Crippen LogP) is 16.4. The van der Waals surface area contributed by atoms with Crippen LogP contribution in [0.2, 0.25) is 0 Å². The Morgan fingerprint density at radius 2 is 1.33 bits per heavy atom. The smallest absolute Gasteiger partial charge is 0.137 e. The molecule has 0 fully saturated rings. The first-order chi connectivity index (χ1) is 32.5. The molecular formula is C64H69N5. The second-order valence-corrected chi connectivity index (χ2v) is 23.3. The number of amidine groups is 1. The Kier molecular flexibility index (Phi) is 9.80. The number of rotatable bonds is 5. The highest BCUT2D eigenvalue weighted by Gasteiger charge is 2.62. The predicted molar refractivity (Wildman–Crippen MR) is 293 cm³/mol. The standard InChI is InChI=1S/C64H69N5/c1-36(2)44-29-45(60-66-63(15)35-50-41(7)38(4)22-23-51(50)64(63,16)69(60)59-42(8)39(5)28-40(6)43(59)9)31-47(30-44)67-55-20-18-17-19-52(55)62(13,14)53-33-49-48-27-37(3)21-24-54(48)68(56(49)34-57(53)67)58-32-46(25-26-65-58)61(10,11)12/h17-34,36H,35H2,1-16H3/t63-,64+/m1/s1. The molecule has 5 nitrogen and oxygen atoms in total. The topological polar surface area (TPSA) is 36.7 Å². The fourth-order valence-corrected chi connectivity index (χ4v) is 12.5. The molecule has 8 aromatic rings. The van der Waals surface area contributed by atoms with E-state index in [0.717, 1.165) is 34.8 Å². The third kappa shape index (κ3) is 6.34. The molecule has 0 saturated carbocycles. The number of benzene rings is 6. The molecule has 2 aromatic heterocycles. The minimum atomic E-state index is -0.427. The van der Waals surface area contributed by atoms with Crippen molar-refractivity contribution >= 4 is 50.4 Å². The van der Waals surface area contributed by atoms with Crippen molar-refractivity contribution in [2.75, 3.05) is 9.80 Å². The van der Waals surface area contributed by atoms with Gasteiger partial charge in [-0.1, -0.05) is 96.5 Å². The third-order valence-electron chi connectivity index (χ3n) is 17.3. The summed E-state index contributed by atoms with van der Waals surface area (Å²) in [5, 5.41) is 2.49. The summed E-state index contributed by atoms with van der Waals surface area (Å²) in [6.45, 7) is 37.2. The molecule has 69 heavy (non-hydrogen) atoms. The van der Waals surface area contributed by atoms with Crippen LogP contribution in [0.3, 0.4) is 0 Å². The Morgan fingerprint density at radius 3 is 2.04 bits per heavy atom. The van der Waals surface area contributed by atoms with E-state index in [1.807, 2.05) is 6.20 Å². The Bertz CT molecular complexity index is 3510. The highest BCUT2D eigenvalue weighted by Crippen LogP contribution is 2.59. The summed E-state index contributed by atoms with van der Waals surface area (Å²) in [6, 6.07) is 39.9. The van der Waals surface area contributed by atoms with Crippen LogP contribution in [0, 0.1) is 48.5 Å². The Morgan fingerprint density at radius 1 is 0.623 bits per heavy atom. The summed E-state index contributed by atoms with van der Waals surface area (Å²) in [7, 11) is 0. The number of aryl methyl sites for hydroxylation is 4. The van der Waals surface area contributed by atoms with Crippen molar-refractivity contribution < 1.29 is 0 Å². The van der Waals surface area contributed by atoms with Crippen LogP contribution in [0.4, 0.5) is 22.7 Å². The number of hydrogen-bond donors (Lipinski definition) is 0. The lowest BCUT2D eigenvalue weighted by Crippen LogP contribution is -2.52. The number of hydrogen-bond acceptors (Lipinski definition) is 4. The molecular weight excluding hydrogens is 839 g/mol. The van der Waals surface area contributed by atoms with E-state index in [-0.39, 0.29) is 16.7 Å². The summed E-state index contributed by atoms with van der Waals surface area (Å²) in [6.07, 6.45) is 2.88. The zero-order chi connectivity index (χ0) is 49.0. The van der Waals surface area contributed by atoms with Crippen molar-refractivity contribution in [3.8, 4) is 5.82 Å². The quantitative estimate of drug-likeness (QED) is 0.173. The molecule has 0 radical (unpaired) electrons. The largest absolute Gasteiger partial charge is 0.313 e.